The van der Waals surface area contributed by atoms with Crippen LogP contribution in [0.4, 0.5) is 10.5 Å². The van der Waals surface area contributed by atoms with Gasteiger partial charge in [-0.3, -0.25) is 19.7 Å². The summed E-state index contributed by atoms with van der Waals surface area (Å²) in [7, 11) is 1.50. The Labute approximate surface area is 279 Å². The zero-order valence-corrected chi connectivity index (χ0v) is 26.6. The van der Waals surface area contributed by atoms with Gasteiger partial charge in [-0.25, -0.2) is 4.79 Å². The maximum absolute atomic E-state index is 13.6. The molecule has 258 valence electrons. The van der Waals surface area contributed by atoms with Gasteiger partial charge in [-0.05, 0) is 6.92 Å². The number of nitrogens with zero attached hydrogens (tertiary/aromatic N) is 1. The van der Waals surface area contributed by atoms with Gasteiger partial charge < -0.3 is 45.3 Å². The fourth-order valence-electron chi connectivity index (χ4n) is 6.95. The molecule has 3 aromatic rings. The highest BCUT2D eigenvalue weighted by molar-refractivity contribution is 6.30. The number of carbonyl (C=O) groups is 3. The number of ether oxygens (including phenoxy) is 4. The molecule has 1 fully saturated rings. The van der Waals surface area contributed by atoms with Crippen LogP contribution in [0.5, 0.6) is 11.5 Å². The predicted molar refractivity (Wildman–Crippen MR) is 169 cm³/mol. The number of nitro groups is 1. The lowest BCUT2D eigenvalue weighted by molar-refractivity contribution is -0.385. The summed E-state index contributed by atoms with van der Waals surface area (Å²) >= 11 is 0. The minimum Gasteiger partial charge on any atom is -0.507 e. The number of phenolic OH excluding ortho intramolecular Hbond substituents is 2. The van der Waals surface area contributed by atoms with Crippen LogP contribution < -0.4 is 11.1 Å². The summed E-state index contributed by atoms with van der Waals surface area (Å²) in [6, 6.07) is 11.4. The normalized spacial score (nSPS) is 25.9. The third-order valence-electron chi connectivity index (χ3n) is 9.24. The van der Waals surface area contributed by atoms with Gasteiger partial charge in [-0.1, -0.05) is 42.5 Å². The SMILES string of the molecule is CO[C@@H]1[C@@H](N)C[C@H](O[C@H]2CC(O)(COC(=O)NCc3ccccc3[N+](=O)[O-])Cc3c(O)c4c(c(O)c32)C(=O)c2ccccc2C4=O)O[C@@H]1C. The first kappa shape index (κ1) is 34.0. The van der Waals surface area contributed by atoms with E-state index >= 15 is 0 Å². The van der Waals surface area contributed by atoms with Gasteiger partial charge in [0, 0.05) is 66.3 Å². The molecule has 15 heteroatoms. The number of para-hydroxylation sites is 1. The van der Waals surface area contributed by atoms with Crippen molar-refractivity contribution in [3.8, 4) is 11.5 Å². The van der Waals surface area contributed by atoms with E-state index in [2.05, 4.69) is 5.32 Å². The molecule has 1 heterocycles. The molecule has 0 radical (unpaired) electrons. The van der Waals surface area contributed by atoms with Crippen LogP contribution in [0.2, 0.25) is 0 Å². The standard InChI is InChI=1S/C34H35N3O12/c1-16-32(46-2)21(35)11-24(48-16)49-23-13-34(43,15-47-33(42)36-14-17-7-3-6-10-22(17)37(44)45)12-20-25(23)31(41)27-26(30(20)40)28(38)18-8-4-5-9-19(18)29(27)39/h3-10,16,21,23-24,32,40-41,43H,11-15,35H2,1-2H3,(H,36,42)/t16-,21+,23+,24+,32+,34?/m1/s1. The number of aliphatic hydroxyl groups is 1. The van der Waals surface area contributed by atoms with Crippen LogP contribution in [-0.2, 0) is 31.9 Å². The third kappa shape index (κ3) is 6.22. The van der Waals surface area contributed by atoms with Crippen LogP contribution in [0.3, 0.4) is 0 Å². The first-order valence-corrected chi connectivity index (χ1v) is 15.6. The molecular formula is C34H35N3O12. The summed E-state index contributed by atoms with van der Waals surface area (Å²) < 4.78 is 23.1. The number of alkyl carbamates (subject to hydrolysis) is 1. The largest absolute Gasteiger partial charge is 0.507 e. The van der Waals surface area contributed by atoms with Crippen LogP contribution in [0, 0.1) is 10.1 Å². The number of phenols is 2. The second-order valence-electron chi connectivity index (χ2n) is 12.5. The van der Waals surface area contributed by atoms with Crippen molar-refractivity contribution in [2.24, 2.45) is 5.73 Å². The Hall–Kier alpha value is -4.93. The van der Waals surface area contributed by atoms with E-state index in [1.54, 1.807) is 25.1 Å². The zero-order valence-electron chi connectivity index (χ0n) is 26.6. The number of benzene rings is 3. The number of methoxy groups -OCH3 is 1. The van der Waals surface area contributed by atoms with Crippen molar-refractivity contribution in [2.45, 2.75) is 69.0 Å². The number of ketones is 2. The summed E-state index contributed by atoms with van der Waals surface area (Å²) in [6.45, 7) is 0.864. The lowest BCUT2D eigenvalue weighted by Crippen LogP contribution is -2.53. The average Bonchev–Trinajstić information content (AvgIpc) is 3.06. The minimum absolute atomic E-state index is 0.0269. The first-order valence-electron chi connectivity index (χ1n) is 15.6. The van der Waals surface area contributed by atoms with Crippen LogP contribution in [0.15, 0.2) is 48.5 Å². The van der Waals surface area contributed by atoms with Gasteiger partial charge >= 0.3 is 6.09 Å². The van der Waals surface area contributed by atoms with Crippen LogP contribution >= 0.6 is 0 Å². The lowest BCUT2D eigenvalue weighted by Gasteiger charge is -2.43. The summed E-state index contributed by atoms with van der Waals surface area (Å²) in [4.78, 5) is 50.7. The van der Waals surface area contributed by atoms with Gasteiger partial charge in [-0.2, -0.15) is 0 Å². The summed E-state index contributed by atoms with van der Waals surface area (Å²) in [5.74, 6) is -2.59. The minimum atomic E-state index is -1.93. The van der Waals surface area contributed by atoms with Gasteiger partial charge in [0.2, 0.25) is 0 Å². The van der Waals surface area contributed by atoms with Crippen LogP contribution in [-0.4, -0.2) is 81.8 Å². The van der Waals surface area contributed by atoms with E-state index in [0.717, 1.165) is 0 Å². The van der Waals surface area contributed by atoms with E-state index in [9.17, 15) is 39.8 Å². The van der Waals surface area contributed by atoms with Gasteiger partial charge in [0.05, 0.1) is 40.9 Å². The molecule has 6 atom stereocenters. The Morgan fingerprint density at radius 2 is 1.71 bits per heavy atom. The number of nitro benzene ring substituents is 1. The van der Waals surface area contributed by atoms with E-state index in [0.29, 0.717) is 0 Å². The molecule has 1 aliphatic heterocycles. The second-order valence-corrected chi connectivity index (χ2v) is 12.5. The molecule has 3 aliphatic rings. The Morgan fingerprint density at radius 3 is 2.35 bits per heavy atom. The Balaban J connectivity index is 1.32. The third-order valence-corrected chi connectivity index (χ3v) is 9.24. The molecule has 49 heavy (non-hydrogen) atoms. The number of carbonyl (C=O) groups excluding carboxylic acids is 3. The van der Waals surface area contributed by atoms with Gasteiger partial charge in [-0.15, -0.1) is 0 Å². The molecule has 1 unspecified atom stereocenters. The summed E-state index contributed by atoms with van der Waals surface area (Å²) in [5, 5.41) is 48.9. The Bertz CT molecular complexity index is 1830. The van der Waals surface area contributed by atoms with E-state index in [1.165, 1.54) is 37.4 Å². The molecule has 6 rings (SSSR count). The highest BCUT2D eigenvalue weighted by atomic mass is 16.7. The van der Waals surface area contributed by atoms with Crippen molar-refractivity contribution in [3.63, 3.8) is 0 Å². The monoisotopic (exact) mass is 677 g/mol. The van der Waals surface area contributed by atoms with Crippen LogP contribution in [0.25, 0.3) is 0 Å². The highest BCUT2D eigenvalue weighted by Crippen LogP contribution is 2.52. The average molecular weight is 678 g/mol. The molecule has 6 N–H and O–H groups in total. The lowest BCUT2D eigenvalue weighted by atomic mass is 9.73. The second kappa shape index (κ2) is 13.2. The Morgan fingerprint density at radius 1 is 1.08 bits per heavy atom. The number of nitrogens with two attached hydrogens (primary N) is 1. The number of nitrogens with one attached hydrogen (secondary N) is 1. The fraction of sp³-hybridized carbons (Fsp3) is 0.382. The van der Waals surface area contributed by atoms with Crippen molar-refractivity contribution < 1.29 is 53.6 Å². The molecule has 2 aliphatic carbocycles. The van der Waals surface area contributed by atoms with Crippen molar-refractivity contribution in [2.75, 3.05) is 13.7 Å². The molecule has 1 saturated heterocycles. The number of aromatic hydroxyl groups is 2. The van der Waals surface area contributed by atoms with Crippen molar-refractivity contribution in [1.29, 1.82) is 0 Å². The predicted octanol–water partition coefficient (Wildman–Crippen LogP) is 2.92. The quantitative estimate of drug-likeness (QED) is 0.103. The Kier molecular flexibility index (Phi) is 9.13. The fourth-order valence-corrected chi connectivity index (χ4v) is 6.95. The molecule has 15 nitrogen and oxygen atoms in total. The maximum atomic E-state index is 13.6. The number of fused-ring (bicyclic) bond motifs is 3. The molecule has 0 spiro atoms. The van der Waals surface area contributed by atoms with E-state index < -0.39 is 94.5 Å². The number of rotatable bonds is 8. The van der Waals surface area contributed by atoms with Gasteiger partial charge in [0.1, 0.15) is 23.7 Å². The molecule has 1 amide bonds. The topological polar surface area (TPSA) is 230 Å². The molecule has 3 aromatic carbocycles. The first-order chi connectivity index (χ1) is 23.3. The maximum Gasteiger partial charge on any atom is 0.407 e. The number of hydrogen-bond acceptors (Lipinski definition) is 13. The highest BCUT2D eigenvalue weighted by Gasteiger charge is 2.48. The number of hydrogen-bond donors (Lipinski definition) is 5. The summed E-state index contributed by atoms with van der Waals surface area (Å²) in [6.07, 6.45) is -4.72. The summed E-state index contributed by atoms with van der Waals surface area (Å²) in [5.41, 5.74) is 3.60. The smallest absolute Gasteiger partial charge is 0.407 e. The van der Waals surface area contributed by atoms with Gasteiger partial charge in [0.25, 0.3) is 5.69 Å². The van der Waals surface area contributed by atoms with Crippen molar-refractivity contribution in [1.82, 2.24) is 5.32 Å². The molecular weight excluding hydrogens is 642 g/mol. The van der Waals surface area contributed by atoms with E-state index in [1.807, 2.05) is 0 Å². The van der Waals surface area contributed by atoms with Crippen molar-refractivity contribution >= 4 is 23.3 Å². The molecule has 0 aromatic heterocycles. The molecule has 0 bridgehead atoms. The van der Waals surface area contributed by atoms with Gasteiger partial charge in [0.15, 0.2) is 17.9 Å². The zero-order chi connectivity index (χ0) is 35.2. The van der Waals surface area contributed by atoms with Crippen LogP contribution in [0.1, 0.15) is 74.4 Å². The van der Waals surface area contributed by atoms with E-state index in [4.69, 9.17) is 24.7 Å². The number of amides is 1. The molecule has 0 saturated carbocycles. The van der Waals surface area contributed by atoms with E-state index in [-0.39, 0.29) is 52.9 Å². The van der Waals surface area contributed by atoms with Crippen molar-refractivity contribution in [3.05, 3.63) is 97.6 Å².